The van der Waals surface area contributed by atoms with Crippen LogP contribution in [0, 0.1) is 17.8 Å². The molecule has 4 heteroatoms. The number of hydrogen-bond donors (Lipinski definition) is 0. The van der Waals surface area contributed by atoms with Gasteiger partial charge in [-0.1, -0.05) is 166 Å². The lowest BCUT2D eigenvalue weighted by molar-refractivity contribution is 0.232. The largest absolute Gasteiger partial charge is 0.493 e. The minimum absolute atomic E-state index is 0.494. The Morgan fingerprint density at radius 1 is 0.481 bits per heavy atom. The van der Waals surface area contributed by atoms with Crippen LogP contribution >= 0.6 is 11.6 Å². The fourth-order valence-electron chi connectivity index (χ4n) is 7.64. The van der Waals surface area contributed by atoms with Crippen LogP contribution < -0.4 is 14.2 Å². The summed E-state index contributed by atoms with van der Waals surface area (Å²) in [5.41, 5.74) is 2.20. The predicted octanol–water partition coefficient (Wildman–Crippen LogP) is 15.3. The first-order chi connectivity index (χ1) is 25.5. The summed E-state index contributed by atoms with van der Waals surface area (Å²) in [5, 5.41) is 7.28. The maximum absolute atomic E-state index is 7.08. The third-order valence-corrected chi connectivity index (χ3v) is 11.4. The van der Waals surface area contributed by atoms with Crippen molar-refractivity contribution in [1.82, 2.24) is 0 Å². The van der Waals surface area contributed by atoms with Crippen LogP contribution in [-0.2, 0) is 0 Å². The van der Waals surface area contributed by atoms with Crippen molar-refractivity contribution >= 4 is 43.9 Å². The van der Waals surface area contributed by atoms with Gasteiger partial charge in [0.25, 0.3) is 0 Å². The van der Waals surface area contributed by atoms with Gasteiger partial charge < -0.3 is 14.2 Å². The molecule has 0 radical (unpaired) electrons. The zero-order valence-electron chi connectivity index (χ0n) is 32.9. The molecule has 0 spiro atoms. The van der Waals surface area contributed by atoms with Crippen molar-refractivity contribution in [3.8, 4) is 28.4 Å². The summed E-state index contributed by atoms with van der Waals surface area (Å²) in [7, 11) is 0. The van der Waals surface area contributed by atoms with E-state index in [4.69, 9.17) is 25.8 Å². The van der Waals surface area contributed by atoms with Gasteiger partial charge in [-0.25, -0.2) is 0 Å². The topological polar surface area (TPSA) is 27.7 Å². The molecule has 0 fully saturated rings. The first kappa shape index (κ1) is 39.8. The predicted molar refractivity (Wildman–Crippen MR) is 226 cm³/mol. The van der Waals surface area contributed by atoms with Gasteiger partial charge in [0.15, 0.2) is 0 Å². The minimum Gasteiger partial charge on any atom is -0.493 e. The number of fused-ring (bicyclic) bond motifs is 3. The number of ether oxygens (including phenoxy) is 3. The van der Waals surface area contributed by atoms with Gasteiger partial charge in [0, 0.05) is 37.7 Å². The second kappa shape index (κ2) is 20.1. The average molecular weight is 723 g/mol. The van der Waals surface area contributed by atoms with Crippen LogP contribution in [0.25, 0.3) is 43.4 Å². The van der Waals surface area contributed by atoms with Gasteiger partial charge in [-0.05, 0) is 66.0 Å². The summed E-state index contributed by atoms with van der Waals surface area (Å²) in [4.78, 5) is 0. The molecule has 0 bridgehead atoms. The standard InChI is InChI=1S/C48H63ClO3/c1-7-13-20-34(10-4)31-50-45-30-44(48(41-25-18-16-23-38(41)45)52-33-36(12-6)22-15-9-3)46-39-24-17-19-26-42(39)47(43-29-37(49)27-28-40(43)46)51-32-35(11-5)21-14-8-2/h16-19,23-30,34-36H,7-15,20-22,31-33H2,1-6H3. The molecule has 5 rings (SSSR count). The van der Waals surface area contributed by atoms with E-state index in [2.05, 4.69) is 108 Å². The van der Waals surface area contributed by atoms with E-state index in [9.17, 15) is 0 Å². The molecule has 0 aliphatic heterocycles. The Hall–Kier alpha value is -3.43. The van der Waals surface area contributed by atoms with Crippen molar-refractivity contribution in [1.29, 1.82) is 0 Å². The first-order valence-corrected chi connectivity index (χ1v) is 20.9. The number of halogens is 1. The van der Waals surface area contributed by atoms with Gasteiger partial charge >= 0.3 is 0 Å². The molecule has 3 atom stereocenters. The molecular weight excluding hydrogens is 660 g/mol. The van der Waals surface area contributed by atoms with Crippen molar-refractivity contribution in [2.75, 3.05) is 19.8 Å². The summed E-state index contributed by atoms with van der Waals surface area (Å²) in [5.74, 6) is 4.28. The Morgan fingerprint density at radius 2 is 0.942 bits per heavy atom. The summed E-state index contributed by atoms with van der Waals surface area (Å²) < 4.78 is 20.8. The zero-order chi connectivity index (χ0) is 36.9. The van der Waals surface area contributed by atoms with Gasteiger partial charge in [0.1, 0.15) is 17.2 Å². The molecule has 0 aliphatic carbocycles. The third kappa shape index (κ3) is 9.56. The van der Waals surface area contributed by atoms with Crippen LogP contribution in [0.2, 0.25) is 5.02 Å². The Labute approximate surface area is 319 Å². The van der Waals surface area contributed by atoms with Crippen molar-refractivity contribution in [3.05, 3.63) is 77.8 Å². The molecule has 0 N–H and O–H groups in total. The van der Waals surface area contributed by atoms with E-state index in [0.29, 0.717) is 42.6 Å². The molecule has 0 amide bonds. The Morgan fingerprint density at radius 3 is 1.48 bits per heavy atom. The quantitative estimate of drug-likeness (QED) is 0.0666. The van der Waals surface area contributed by atoms with E-state index < -0.39 is 0 Å². The van der Waals surface area contributed by atoms with Crippen LogP contribution in [0.3, 0.4) is 0 Å². The van der Waals surface area contributed by atoms with Crippen molar-refractivity contribution in [3.63, 3.8) is 0 Å². The van der Waals surface area contributed by atoms with Gasteiger partial charge in [-0.2, -0.15) is 0 Å². The highest BCUT2D eigenvalue weighted by Crippen LogP contribution is 2.50. The highest BCUT2D eigenvalue weighted by molar-refractivity contribution is 6.32. The minimum atomic E-state index is 0.494. The molecular formula is C48H63ClO3. The van der Waals surface area contributed by atoms with Gasteiger partial charge in [-0.3, -0.25) is 0 Å². The average Bonchev–Trinajstić information content (AvgIpc) is 3.18. The molecule has 0 aromatic heterocycles. The summed E-state index contributed by atoms with van der Waals surface area (Å²) in [6.45, 7) is 15.7. The smallest absolute Gasteiger partial charge is 0.135 e. The Kier molecular flexibility index (Phi) is 15.4. The fourth-order valence-corrected chi connectivity index (χ4v) is 7.81. The van der Waals surface area contributed by atoms with E-state index in [1.807, 2.05) is 6.07 Å². The summed E-state index contributed by atoms with van der Waals surface area (Å²) in [6.07, 6.45) is 14.1. The zero-order valence-corrected chi connectivity index (χ0v) is 33.6. The normalized spacial score (nSPS) is 13.4. The second-order valence-electron chi connectivity index (χ2n) is 14.9. The van der Waals surface area contributed by atoms with Gasteiger partial charge in [-0.15, -0.1) is 0 Å². The van der Waals surface area contributed by atoms with Crippen LogP contribution in [0.5, 0.6) is 17.2 Å². The highest BCUT2D eigenvalue weighted by Gasteiger charge is 2.24. The number of rotatable bonds is 22. The first-order valence-electron chi connectivity index (χ1n) is 20.6. The Bertz CT molecular complexity index is 1860. The molecule has 0 aliphatic rings. The molecule has 280 valence electrons. The van der Waals surface area contributed by atoms with Gasteiger partial charge in [0.05, 0.1) is 19.8 Å². The summed E-state index contributed by atoms with van der Waals surface area (Å²) in [6, 6.07) is 25.9. The summed E-state index contributed by atoms with van der Waals surface area (Å²) >= 11 is 6.80. The molecule has 0 heterocycles. The monoisotopic (exact) mass is 722 g/mol. The third-order valence-electron chi connectivity index (χ3n) is 11.2. The van der Waals surface area contributed by atoms with Crippen molar-refractivity contribution in [2.45, 2.75) is 119 Å². The second-order valence-corrected chi connectivity index (χ2v) is 15.4. The van der Waals surface area contributed by atoms with Gasteiger partial charge in [0.2, 0.25) is 0 Å². The number of hydrogen-bond acceptors (Lipinski definition) is 3. The lowest BCUT2D eigenvalue weighted by Crippen LogP contribution is -2.13. The lowest BCUT2D eigenvalue weighted by atomic mass is 9.89. The highest BCUT2D eigenvalue weighted by atomic mass is 35.5. The van der Waals surface area contributed by atoms with E-state index in [1.165, 1.54) is 57.8 Å². The molecule has 0 saturated carbocycles. The SMILES string of the molecule is CCCCC(CC)COc1cc(-c2c3ccccc3c(OCC(CC)CCCC)c3cc(Cl)ccc23)c(OCC(CC)CCCC)c2ccccc12. The van der Waals surface area contributed by atoms with Crippen molar-refractivity contribution < 1.29 is 14.2 Å². The van der Waals surface area contributed by atoms with Crippen LogP contribution in [-0.4, -0.2) is 19.8 Å². The van der Waals surface area contributed by atoms with Crippen LogP contribution in [0.1, 0.15) is 119 Å². The lowest BCUT2D eigenvalue weighted by Gasteiger charge is -2.24. The molecule has 5 aromatic carbocycles. The van der Waals surface area contributed by atoms with Crippen LogP contribution in [0.15, 0.2) is 72.8 Å². The van der Waals surface area contributed by atoms with E-state index in [-0.39, 0.29) is 0 Å². The molecule has 5 aromatic rings. The number of benzene rings is 5. The maximum atomic E-state index is 7.08. The van der Waals surface area contributed by atoms with Crippen LogP contribution in [0.4, 0.5) is 0 Å². The molecule has 3 nitrogen and oxygen atoms in total. The maximum Gasteiger partial charge on any atom is 0.135 e. The van der Waals surface area contributed by atoms with E-state index in [1.54, 1.807) is 0 Å². The molecule has 52 heavy (non-hydrogen) atoms. The molecule has 0 saturated heterocycles. The van der Waals surface area contributed by atoms with E-state index >= 15 is 0 Å². The Balaban J connectivity index is 1.75. The molecule has 3 unspecified atom stereocenters. The van der Waals surface area contributed by atoms with E-state index in [0.717, 1.165) is 80.0 Å². The van der Waals surface area contributed by atoms with Crippen molar-refractivity contribution in [2.24, 2.45) is 17.8 Å². The fraction of sp³-hybridized carbons (Fsp3) is 0.500. The number of unbranched alkanes of at least 4 members (excludes halogenated alkanes) is 3.